The highest BCUT2D eigenvalue weighted by Crippen LogP contribution is 2.23. The molecule has 0 atom stereocenters. The van der Waals surface area contributed by atoms with Crippen molar-refractivity contribution in [1.29, 1.82) is 0 Å². The van der Waals surface area contributed by atoms with Gasteiger partial charge in [-0.05, 0) is 35.7 Å². The summed E-state index contributed by atoms with van der Waals surface area (Å²) in [5.74, 6) is 0.431. The van der Waals surface area contributed by atoms with E-state index in [9.17, 15) is 4.79 Å². The molecule has 3 rings (SSSR count). The zero-order valence-electron chi connectivity index (χ0n) is 11.2. The summed E-state index contributed by atoms with van der Waals surface area (Å²) in [4.78, 5) is 12.8. The molecule has 2 heterocycles. The zero-order chi connectivity index (χ0) is 15.4. The number of thiophene rings is 1. The number of carbonyl (C=O) groups is 1. The van der Waals surface area contributed by atoms with Crippen molar-refractivity contribution >= 4 is 46.6 Å². The van der Waals surface area contributed by atoms with Crippen LogP contribution in [0.4, 0.5) is 6.01 Å². The van der Waals surface area contributed by atoms with Crippen molar-refractivity contribution in [2.45, 2.75) is 4.90 Å². The van der Waals surface area contributed by atoms with Crippen molar-refractivity contribution in [2.75, 3.05) is 11.1 Å². The second-order valence-corrected chi connectivity index (χ2v) is 6.48. The van der Waals surface area contributed by atoms with Crippen molar-refractivity contribution in [1.82, 2.24) is 10.2 Å². The van der Waals surface area contributed by atoms with Gasteiger partial charge in [0.05, 0.1) is 5.75 Å². The van der Waals surface area contributed by atoms with Gasteiger partial charge in [0.15, 0.2) is 0 Å². The van der Waals surface area contributed by atoms with Crippen LogP contribution in [0, 0.1) is 0 Å². The standard InChI is InChI=1S/C14H10ClN3O2S2/c15-10-1-3-11(4-2-10)22-8-12(19)16-14-18-17-13(20-14)9-5-6-21-7-9/h1-7H,8H2,(H,16,18,19). The molecule has 3 aromatic rings. The largest absolute Gasteiger partial charge is 0.403 e. The number of halogens is 1. The predicted molar refractivity (Wildman–Crippen MR) is 88.4 cm³/mol. The number of nitrogens with zero attached hydrogens (tertiary/aromatic N) is 2. The van der Waals surface area contributed by atoms with Crippen LogP contribution in [0.2, 0.25) is 5.02 Å². The summed E-state index contributed by atoms with van der Waals surface area (Å²) in [5.41, 5.74) is 0.841. The van der Waals surface area contributed by atoms with Crippen LogP contribution in [-0.4, -0.2) is 21.9 Å². The highest BCUT2D eigenvalue weighted by Gasteiger charge is 2.11. The van der Waals surface area contributed by atoms with Crippen molar-refractivity contribution in [3.8, 4) is 11.5 Å². The van der Waals surface area contributed by atoms with E-state index in [4.69, 9.17) is 16.0 Å². The molecule has 22 heavy (non-hydrogen) atoms. The number of rotatable bonds is 5. The van der Waals surface area contributed by atoms with E-state index in [-0.39, 0.29) is 17.7 Å². The van der Waals surface area contributed by atoms with E-state index in [1.807, 2.05) is 29.0 Å². The SMILES string of the molecule is O=C(CSc1ccc(Cl)cc1)Nc1nnc(-c2ccsc2)o1. The predicted octanol–water partition coefficient (Wildman–Crippen LogP) is 4.18. The Labute approximate surface area is 139 Å². The molecule has 0 fully saturated rings. The monoisotopic (exact) mass is 351 g/mol. The number of amides is 1. The first kappa shape index (κ1) is 15.1. The van der Waals surface area contributed by atoms with Crippen LogP contribution in [0.15, 0.2) is 50.4 Å². The Balaban J connectivity index is 1.54. The van der Waals surface area contributed by atoms with Gasteiger partial charge in [-0.2, -0.15) is 11.3 Å². The Morgan fingerprint density at radius 3 is 2.82 bits per heavy atom. The molecule has 1 aromatic carbocycles. The molecule has 0 spiro atoms. The summed E-state index contributed by atoms with van der Waals surface area (Å²) in [6.07, 6.45) is 0. The van der Waals surface area contributed by atoms with E-state index in [1.165, 1.54) is 23.1 Å². The molecule has 0 aliphatic carbocycles. The number of hydrogen-bond donors (Lipinski definition) is 1. The van der Waals surface area contributed by atoms with Gasteiger partial charge < -0.3 is 4.42 Å². The lowest BCUT2D eigenvalue weighted by molar-refractivity contribution is -0.113. The molecule has 1 amide bonds. The van der Waals surface area contributed by atoms with Gasteiger partial charge in [0.25, 0.3) is 5.89 Å². The molecular formula is C14H10ClN3O2S2. The van der Waals surface area contributed by atoms with Crippen LogP contribution in [-0.2, 0) is 4.79 Å². The first-order valence-corrected chi connectivity index (χ1v) is 8.55. The minimum Gasteiger partial charge on any atom is -0.403 e. The molecule has 0 saturated heterocycles. The van der Waals surface area contributed by atoms with E-state index < -0.39 is 0 Å². The van der Waals surface area contributed by atoms with E-state index in [0.29, 0.717) is 10.9 Å². The topological polar surface area (TPSA) is 68.0 Å². The second kappa shape index (κ2) is 6.95. The fraction of sp³-hybridized carbons (Fsp3) is 0.0714. The lowest BCUT2D eigenvalue weighted by atomic mass is 10.3. The minimum atomic E-state index is -0.208. The smallest absolute Gasteiger partial charge is 0.322 e. The zero-order valence-corrected chi connectivity index (χ0v) is 13.5. The average Bonchev–Trinajstić information content (AvgIpc) is 3.17. The maximum absolute atomic E-state index is 11.9. The van der Waals surface area contributed by atoms with Gasteiger partial charge in [0.2, 0.25) is 5.91 Å². The maximum Gasteiger partial charge on any atom is 0.322 e. The van der Waals surface area contributed by atoms with Gasteiger partial charge in [-0.15, -0.1) is 16.9 Å². The summed E-state index contributed by atoms with van der Waals surface area (Å²) < 4.78 is 5.39. The molecule has 0 bridgehead atoms. The Morgan fingerprint density at radius 2 is 2.09 bits per heavy atom. The third kappa shape index (κ3) is 3.88. The molecule has 0 aliphatic heterocycles. The van der Waals surface area contributed by atoms with E-state index >= 15 is 0 Å². The van der Waals surface area contributed by atoms with Gasteiger partial charge in [-0.3, -0.25) is 10.1 Å². The normalized spacial score (nSPS) is 10.6. The summed E-state index contributed by atoms with van der Waals surface area (Å²) >= 11 is 8.75. The first-order chi connectivity index (χ1) is 10.7. The Hall–Kier alpha value is -1.83. The molecule has 2 aromatic heterocycles. The molecule has 0 unspecified atom stereocenters. The Bertz CT molecular complexity index is 757. The van der Waals surface area contributed by atoms with Crippen LogP contribution in [0.25, 0.3) is 11.5 Å². The molecule has 0 aliphatic rings. The minimum absolute atomic E-state index is 0.0999. The lowest BCUT2D eigenvalue weighted by Gasteiger charge is -2.01. The molecule has 5 nitrogen and oxygen atoms in total. The van der Waals surface area contributed by atoms with Crippen LogP contribution >= 0.6 is 34.7 Å². The van der Waals surface area contributed by atoms with Gasteiger partial charge in [0, 0.05) is 20.9 Å². The molecule has 112 valence electrons. The Kier molecular flexibility index (Phi) is 4.77. The summed E-state index contributed by atoms with van der Waals surface area (Å²) in [7, 11) is 0. The fourth-order valence-corrected chi connectivity index (χ4v) is 3.07. The van der Waals surface area contributed by atoms with Crippen LogP contribution < -0.4 is 5.32 Å². The summed E-state index contributed by atoms with van der Waals surface area (Å²) in [5, 5.41) is 14.8. The number of thioether (sulfide) groups is 1. The average molecular weight is 352 g/mol. The van der Waals surface area contributed by atoms with Gasteiger partial charge in [-0.25, -0.2) is 0 Å². The lowest BCUT2D eigenvalue weighted by Crippen LogP contribution is -2.14. The van der Waals surface area contributed by atoms with Crippen LogP contribution in [0.5, 0.6) is 0 Å². The van der Waals surface area contributed by atoms with Crippen LogP contribution in [0.3, 0.4) is 0 Å². The van der Waals surface area contributed by atoms with Gasteiger partial charge in [0.1, 0.15) is 0 Å². The maximum atomic E-state index is 11.9. The second-order valence-electron chi connectivity index (χ2n) is 4.22. The van der Waals surface area contributed by atoms with Crippen molar-refractivity contribution < 1.29 is 9.21 Å². The molecule has 0 radical (unpaired) electrons. The van der Waals surface area contributed by atoms with Gasteiger partial charge >= 0.3 is 6.01 Å². The number of aromatic nitrogens is 2. The number of anilines is 1. The number of nitrogens with one attached hydrogen (secondary N) is 1. The summed E-state index contributed by atoms with van der Waals surface area (Å²) in [6.45, 7) is 0. The van der Waals surface area contributed by atoms with E-state index in [1.54, 1.807) is 12.1 Å². The number of hydrogen-bond acceptors (Lipinski definition) is 6. The van der Waals surface area contributed by atoms with Gasteiger partial charge in [-0.1, -0.05) is 16.7 Å². The fourth-order valence-electron chi connectivity index (χ4n) is 1.61. The third-order valence-electron chi connectivity index (χ3n) is 2.62. The number of benzene rings is 1. The highest BCUT2D eigenvalue weighted by molar-refractivity contribution is 8.00. The Morgan fingerprint density at radius 1 is 1.27 bits per heavy atom. The molecule has 8 heteroatoms. The molecular weight excluding hydrogens is 342 g/mol. The van der Waals surface area contributed by atoms with E-state index in [0.717, 1.165) is 10.5 Å². The first-order valence-electron chi connectivity index (χ1n) is 6.25. The number of carbonyl (C=O) groups excluding carboxylic acids is 1. The van der Waals surface area contributed by atoms with Crippen molar-refractivity contribution in [2.24, 2.45) is 0 Å². The van der Waals surface area contributed by atoms with Crippen molar-refractivity contribution in [3.05, 3.63) is 46.1 Å². The van der Waals surface area contributed by atoms with Crippen LogP contribution in [0.1, 0.15) is 0 Å². The molecule has 1 N–H and O–H groups in total. The van der Waals surface area contributed by atoms with Crippen molar-refractivity contribution in [3.63, 3.8) is 0 Å². The summed E-state index contributed by atoms with van der Waals surface area (Å²) in [6, 6.07) is 9.27. The highest BCUT2D eigenvalue weighted by atomic mass is 35.5. The molecule has 0 saturated carbocycles. The third-order valence-corrected chi connectivity index (χ3v) is 4.57. The van der Waals surface area contributed by atoms with E-state index in [2.05, 4.69) is 15.5 Å². The quantitative estimate of drug-likeness (QED) is 0.698.